The van der Waals surface area contributed by atoms with Crippen LogP contribution in [0.25, 0.3) is 10.9 Å². The van der Waals surface area contributed by atoms with Crippen LogP contribution in [0.2, 0.25) is 0 Å². The molecule has 1 aromatic heterocycles. The molecule has 8 nitrogen and oxygen atoms in total. The highest BCUT2D eigenvalue weighted by Crippen LogP contribution is 2.47. The molecule has 0 bridgehead atoms. The largest absolute Gasteiger partial charge is 0.368 e. The Labute approximate surface area is 214 Å². The molecule has 0 unspecified atom stereocenters. The van der Waals surface area contributed by atoms with Crippen molar-refractivity contribution >= 4 is 38.2 Å². The van der Waals surface area contributed by atoms with E-state index in [0.717, 1.165) is 54.7 Å². The van der Waals surface area contributed by atoms with Gasteiger partial charge in [-0.25, -0.2) is 27.2 Å². The van der Waals surface area contributed by atoms with Gasteiger partial charge in [0.1, 0.15) is 0 Å². The van der Waals surface area contributed by atoms with E-state index in [-0.39, 0.29) is 11.0 Å². The van der Waals surface area contributed by atoms with Gasteiger partial charge in [-0.05, 0) is 48.2 Å². The Morgan fingerprint density at radius 2 is 1.81 bits per heavy atom. The number of aromatic nitrogens is 2. The van der Waals surface area contributed by atoms with Gasteiger partial charge in [0.05, 0.1) is 17.5 Å². The number of likely N-dealkylation sites (tertiary alicyclic amines) is 1. The van der Waals surface area contributed by atoms with Crippen molar-refractivity contribution in [2.75, 3.05) is 42.7 Å². The molecule has 0 amide bonds. The number of benzene rings is 2. The standard InChI is InChI=1S/C26H28F2N6O2S/c1-37(35,36)34-10-16-2-3-20(7-19(16)11-34)30-25-29-9-18-6-17(24(27)28)8-22(23(18)31-25)33-14-26(15-33)12-32(13-26)21-4-5-21/h2-3,6-9,21,24H,4-5,10-15H2,1H3,(H,29,30,31). The third-order valence-corrected chi connectivity index (χ3v) is 9.29. The molecule has 194 valence electrons. The molecule has 3 aromatic rings. The molecule has 37 heavy (non-hydrogen) atoms. The van der Waals surface area contributed by atoms with Crippen LogP contribution >= 0.6 is 0 Å². The molecule has 1 spiro atoms. The molecular formula is C26H28F2N6O2S. The number of halogens is 2. The maximum Gasteiger partial charge on any atom is 0.263 e. The van der Waals surface area contributed by atoms with E-state index in [1.165, 1.54) is 29.5 Å². The van der Waals surface area contributed by atoms with Crippen LogP contribution in [-0.4, -0.2) is 66.1 Å². The Balaban J connectivity index is 1.15. The highest BCUT2D eigenvalue weighted by Gasteiger charge is 2.54. The maximum atomic E-state index is 13.7. The van der Waals surface area contributed by atoms with E-state index in [9.17, 15) is 17.2 Å². The summed E-state index contributed by atoms with van der Waals surface area (Å²) in [6.45, 7) is 4.60. The van der Waals surface area contributed by atoms with E-state index in [1.807, 2.05) is 18.2 Å². The summed E-state index contributed by atoms with van der Waals surface area (Å²) in [6, 6.07) is 9.50. The van der Waals surface area contributed by atoms with Gasteiger partial charge < -0.3 is 10.2 Å². The lowest BCUT2D eigenvalue weighted by atomic mass is 9.72. The van der Waals surface area contributed by atoms with Gasteiger partial charge in [0, 0.05) is 73.6 Å². The summed E-state index contributed by atoms with van der Waals surface area (Å²) in [5.41, 5.74) is 4.29. The number of hydrogen-bond donors (Lipinski definition) is 1. The first kappa shape index (κ1) is 23.2. The molecule has 11 heteroatoms. The third-order valence-electron chi connectivity index (χ3n) is 8.10. The molecule has 1 N–H and O–H groups in total. The first-order chi connectivity index (χ1) is 17.7. The first-order valence-electron chi connectivity index (χ1n) is 12.6. The molecule has 1 aliphatic carbocycles. The SMILES string of the molecule is CS(=O)(=O)N1Cc2ccc(Nc3ncc4cc(C(F)F)cc(N5CC6(C5)CN(C5CC5)C6)c4n3)cc2C1. The van der Waals surface area contributed by atoms with Crippen LogP contribution in [0.1, 0.15) is 36.0 Å². The fraction of sp³-hybridized carbons (Fsp3) is 0.462. The highest BCUT2D eigenvalue weighted by molar-refractivity contribution is 7.88. The first-order valence-corrected chi connectivity index (χ1v) is 14.4. The number of anilines is 3. The molecule has 2 aromatic carbocycles. The topological polar surface area (TPSA) is 81.7 Å². The van der Waals surface area contributed by atoms with Gasteiger partial charge in [-0.15, -0.1) is 0 Å². The summed E-state index contributed by atoms with van der Waals surface area (Å²) in [7, 11) is -3.27. The number of hydrogen-bond acceptors (Lipinski definition) is 7. The van der Waals surface area contributed by atoms with Gasteiger partial charge in [-0.1, -0.05) is 6.07 Å². The Morgan fingerprint density at radius 3 is 2.51 bits per heavy atom. The van der Waals surface area contributed by atoms with Crippen molar-refractivity contribution in [1.82, 2.24) is 19.2 Å². The molecule has 0 atom stereocenters. The molecule has 4 aliphatic rings. The summed E-state index contributed by atoms with van der Waals surface area (Å²) in [5.74, 6) is 0.371. The summed E-state index contributed by atoms with van der Waals surface area (Å²) in [4.78, 5) is 13.8. The number of alkyl halides is 2. The van der Waals surface area contributed by atoms with Crippen molar-refractivity contribution in [3.8, 4) is 0 Å². The summed E-state index contributed by atoms with van der Waals surface area (Å²) in [6.07, 6.45) is 2.84. The van der Waals surface area contributed by atoms with E-state index < -0.39 is 16.4 Å². The normalized spacial score (nSPS) is 21.4. The van der Waals surface area contributed by atoms with Crippen LogP contribution < -0.4 is 10.2 Å². The number of nitrogens with zero attached hydrogens (tertiary/aromatic N) is 5. The molecule has 2 saturated heterocycles. The minimum absolute atomic E-state index is 0.0185. The van der Waals surface area contributed by atoms with Crippen molar-refractivity contribution in [3.05, 3.63) is 53.2 Å². The van der Waals surface area contributed by atoms with Gasteiger partial charge in [0.2, 0.25) is 16.0 Å². The Hall–Kier alpha value is -2.89. The average Bonchev–Trinajstić information content (AvgIpc) is 3.53. The smallest absolute Gasteiger partial charge is 0.263 e. The maximum absolute atomic E-state index is 13.7. The number of rotatable bonds is 6. The number of sulfonamides is 1. The molecular weight excluding hydrogens is 498 g/mol. The van der Waals surface area contributed by atoms with E-state index in [4.69, 9.17) is 4.98 Å². The second-order valence-electron chi connectivity index (χ2n) is 11.1. The van der Waals surface area contributed by atoms with Crippen LogP contribution in [-0.2, 0) is 23.1 Å². The quantitative estimate of drug-likeness (QED) is 0.522. The molecule has 4 heterocycles. The lowest BCUT2D eigenvalue weighted by Gasteiger charge is -2.61. The van der Waals surface area contributed by atoms with Crippen molar-refractivity contribution in [2.24, 2.45) is 5.41 Å². The van der Waals surface area contributed by atoms with E-state index >= 15 is 0 Å². The lowest BCUT2D eigenvalue weighted by molar-refractivity contribution is -0.0273. The molecule has 7 rings (SSSR count). The van der Waals surface area contributed by atoms with Gasteiger partial charge in [-0.3, -0.25) is 4.90 Å². The fourth-order valence-corrected chi connectivity index (χ4v) is 6.78. The lowest BCUT2D eigenvalue weighted by Crippen LogP contribution is -2.72. The third kappa shape index (κ3) is 4.13. The molecule has 1 saturated carbocycles. The fourth-order valence-electron chi connectivity index (χ4n) is 6.03. The highest BCUT2D eigenvalue weighted by atomic mass is 32.2. The zero-order chi connectivity index (χ0) is 25.5. The van der Waals surface area contributed by atoms with Crippen LogP contribution in [0.5, 0.6) is 0 Å². The minimum atomic E-state index is -3.27. The van der Waals surface area contributed by atoms with Crippen molar-refractivity contribution in [2.45, 2.75) is 38.4 Å². The monoisotopic (exact) mass is 526 g/mol. The van der Waals surface area contributed by atoms with Crippen molar-refractivity contribution in [3.63, 3.8) is 0 Å². The van der Waals surface area contributed by atoms with Gasteiger partial charge >= 0.3 is 0 Å². The summed E-state index contributed by atoms with van der Waals surface area (Å²) < 4.78 is 52.7. The van der Waals surface area contributed by atoms with Gasteiger partial charge in [0.25, 0.3) is 6.43 Å². The van der Waals surface area contributed by atoms with Crippen LogP contribution in [0.4, 0.5) is 26.1 Å². The van der Waals surface area contributed by atoms with Gasteiger partial charge in [0.15, 0.2) is 0 Å². The van der Waals surface area contributed by atoms with Crippen LogP contribution in [0, 0.1) is 5.41 Å². The average molecular weight is 527 g/mol. The number of nitrogens with one attached hydrogen (secondary N) is 1. The predicted molar refractivity (Wildman–Crippen MR) is 138 cm³/mol. The summed E-state index contributed by atoms with van der Waals surface area (Å²) >= 11 is 0. The van der Waals surface area contributed by atoms with E-state index in [0.29, 0.717) is 29.9 Å². The zero-order valence-electron chi connectivity index (χ0n) is 20.5. The minimum Gasteiger partial charge on any atom is -0.368 e. The Morgan fingerprint density at radius 1 is 1.05 bits per heavy atom. The van der Waals surface area contributed by atoms with E-state index in [2.05, 4.69) is 20.1 Å². The Kier molecular flexibility index (Phi) is 5.06. The van der Waals surface area contributed by atoms with E-state index in [1.54, 1.807) is 12.3 Å². The van der Waals surface area contributed by atoms with Crippen molar-refractivity contribution in [1.29, 1.82) is 0 Å². The van der Waals surface area contributed by atoms with Crippen LogP contribution in [0.15, 0.2) is 36.5 Å². The second-order valence-corrected chi connectivity index (χ2v) is 13.1. The second kappa shape index (κ2) is 8.05. The molecule has 3 aliphatic heterocycles. The number of fused-ring (bicyclic) bond motifs is 2. The Bertz CT molecular complexity index is 1510. The van der Waals surface area contributed by atoms with Crippen molar-refractivity contribution < 1.29 is 17.2 Å². The molecule has 0 radical (unpaired) electrons. The van der Waals surface area contributed by atoms with Crippen LogP contribution in [0.3, 0.4) is 0 Å². The summed E-state index contributed by atoms with van der Waals surface area (Å²) in [5, 5.41) is 3.81. The zero-order valence-corrected chi connectivity index (χ0v) is 21.3. The molecule has 3 fully saturated rings. The van der Waals surface area contributed by atoms with Gasteiger partial charge in [-0.2, -0.15) is 4.31 Å². The predicted octanol–water partition coefficient (Wildman–Crippen LogP) is 3.87.